The summed E-state index contributed by atoms with van der Waals surface area (Å²) in [6.45, 7) is 0.926. The van der Waals surface area contributed by atoms with Gasteiger partial charge in [0, 0.05) is 0 Å². The molecule has 23 heavy (non-hydrogen) atoms. The Balaban J connectivity index is 3.40. The maximum atomic E-state index is 12.8. The third-order valence-electron chi connectivity index (χ3n) is 2.60. The van der Waals surface area contributed by atoms with Crippen LogP contribution in [0.1, 0.15) is 18.1 Å². The highest BCUT2D eigenvalue weighted by molar-refractivity contribution is 6.07. The van der Waals surface area contributed by atoms with Crippen LogP contribution in [0.4, 0.5) is 32.0 Å². The zero-order chi connectivity index (χ0) is 18.0. The standard InChI is InChI=1S/C13H8F6N2O2/c1-6(22)8(5-20)11(23)21-10-4-7(12(14,15)16)2-3-9(10)13(17,18)19/h2-4,22H,1H3,(H,21,23)/b8-6-. The average molecular weight is 338 g/mol. The summed E-state index contributed by atoms with van der Waals surface area (Å²) in [5.74, 6) is -2.25. The number of hydrogen-bond acceptors (Lipinski definition) is 3. The number of allylic oxidation sites excluding steroid dienone is 1. The first-order valence-electron chi connectivity index (χ1n) is 5.77. The first kappa shape index (κ1) is 18.3. The van der Waals surface area contributed by atoms with Gasteiger partial charge in [0.15, 0.2) is 5.57 Å². The highest BCUT2D eigenvalue weighted by Gasteiger charge is 2.37. The molecule has 0 atom stereocenters. The summed E-state index contributed by atoms with van der Waals surface area (Å²) >= 11 is 0. The van der Waals surface area contributed by atoms with E-state index in [1.807, 2.05) is 0 Å². The van der Waals surface area contributed by atoms with Crippen LogP contribution in [-0.4, -0.2) is 11.0 Å². The maximum Gasteiger partial charge on any atom is 0.418 e. The van der Waals surface area contributed by atoms with Crippen LogP contribution in [0.3, 0.4) is 0 Å². The van der Waals surface area contributed by atoms with Crippen molar-refractivity contribution in [3.63, 3.8) is 0 Å². The summed E-state index contributed by atoms with van der Waals surface area (Å²) in [7, 11) is 0. The number of hydrogen-bond donors (Lipinski definition) is 2. The summed E-state index contributed by atoms with van der Waals surface area (Å²) in [4.78, 5) is 11.6. The van der Waals surface area contributed by atoms with Crippen LogP contribution in [0.5, 0.6) is 0 Å². The summed E-state index contributed by atoms with van der Waals surface area (Å²) in [5.41, 5.74) is -5.03. The number of aliphatic hydroxyl groups is 1. The highest BCUT2D eigenvalue weighted by Crippen LogP contribution is 2.39. The average Bonchev–Trinajstić information content (AvgIpc) is 2.36. The fraction of sp³-hybridized carbons (Fsp3) is 0.231. The van der Waals surface area contributed by atoms with Crippen LogP contribution in [-0.2, 0) is 17.1 Å². The van der Waals surface area contributed by atoms with Crippen molar-refractivity contribution in [1.82, 2.24) is 0 Å². The van der Waals surface area contributed by atoms with Crippen LogP contribution in [0.2, 0.25) is 0 Å². The van der Waals surface area contributed by atoms with Gasteiger partial charge >= 0.3 is 12.4 Å². The number of nitrogens with zero attached hydrogens (tertiary/aromatic N) is 1. The topological polar surface area (TPSA) is 73.1 Å². The van der Waals surface area contributed by atoms with Crippen LogP contribution in [0.15, 0.2) is 29.5 Å². The molecule has 0 aliphatic carbocycles. The summed E-state index contributed by atoms with van der Waals surface area (Å²) < 4.78 is 76.2. The van der Waals surface area contributed by atoms with Gasteiger partial charge in [0.1, 0.15) is 11.8 Å². The third-order valence-corrected chi connectivity index (χ3v) is 2.60. The van der Waals surface area contributed by atoms with Gasteiger partial charge in [0.05, 0.1) is 16.8 Å². The maximum absolute atomic E-state index is 12.8. The first-order chi connectivity index (χ1) is 10.4. The summed E-state index contributed by atoms with van der Waals surface area (Å²) in [6.07, 6.45) is -9.96. The van der Waals surface area contributed by atoms with E-state index < -0.39 is 46.4 Å². The van der Waals surface area contributed by atoms with Gasteiger partial charge in [-0.25, -0.2) is 0 Å². The Morgan fingerprint density at radius 3 is 2.13 bits per heavy atom. The molecule has 1 aromatic rings. The number of halogens is 6. The zero-order valence-electron chi connectivity index (χ0n) is 11.3. The number of amides is 1. The molecular formula is C13H8F6N2O2. The number of carbonyl (C=O) groups excluding carboxylic acids is 1. The first-order valence-corrected chi connectivity index (χ1v) is 5.77. The van der Waals surface area contributed by atoms with Gasteiger partial charge in [0.25, 0.3) is 5.91 Å². The van der Waals surface area contributed by atoms with Gasteiger partial charge < -0.3 is 10.4 Å². The Hall–Kier alpha value is -2.70. The van der Waals surface area contributed by atoms with Crippen molar-refractivity contribution in [3.8, 4) is 6.07 Å². The lowest BCUT2D eigenvalue weighted by Gasteiger charge is -2.16. The Kier molecular flexibility index (Phi) is 4.94. The van der Waals surface area contributed by atoms with E-state index in [1.165, 1.54) is 6.07 Å². The molecule has 0 aromatic heterocycles. The quantitative estimate of drug-likeness (QED) is 0.370. The number of alkyl halides is 6. The van der Waals surface area contributed by atoms with Crippen LogP contribution >= 0.6 is 0 Å². The Morgan fingerprint density at radius 2 is 1.74 bits per heavy atom. The minimum absolute atomic E-state index is 0.0996. The van der Waals surface area contributed by atoms with Crippen molar-refractivity contribution in [3.05, 3.63) is 40.7 Å². The lowest BCUT2D eigenvalue weighted by Crippen LogP contribution is -2.19. The second-order valence-corrected chi connectivity index (χ2v) is 4.28. The molecule has 0 heterocycles. The second-order valence-electron chi connectivity index (χ2n) is 4.28. The van der Waals surface area contributed by atoms with E-state index in [2.05, 4.69) is 0 Å². The lowest BCUT2D eigenvalue weighted by molar-refractivity contribution is -0.141. The molecule has 1 rings (SSSR count). The molecule has 2 N–H and O–H groups in total. The Labute approximate surface area is 125 Å². The lowest BCUT2D eigenvalue weighted by atomic mass is 10.1. The molecule has 10 heteroatoms. The number of benzene rings is 1. The van der Waals surface area contributed by atoms with Crippen molar-refractivity contribution >= 4 is 11.6 Å². The minimum atomic E-state index is -5.03. The Bertz CT molecular complexity index is 694. The molecule has 0 fully saturated rings. The molecule has 1 amide bonds. The van der Waals surface area contributed by atoms with Crippen molar-refractivity contribution < 1.29 is 36.2 Å². The molecule has 0 aliphatic rings. The molecule has 0 saturated carbocycles. The van der Waals surface area contributed by atoms with E-state index in [4.69, 9.17) is 10.4 Å². The van der Waals surface area contributed by atoms with Gasteiger partial charge in [-0.05, 0) is 25.1 Å². The molecule has 0 radical (unpaired) electrons. The number of carbonyl (C=O) groups is 1. The second kappa shape index (κ2) is 6.20. The molecule has 0 bridgehead atoms. The van der Waals surface area contributed by atoms with Crippen molar-refractivity contribution in [2.45, 2.75) is 19.3 Å². The molecule has 124 valence electrons. The molecule has 4 nitrogen and oxygen atoms in total. The molecule has 0 aliphatic heterocycles. The number of nitriles is 1. The molecule has 1 aromatic carbocycles. The van der Waals surface area contributed by atoms with Gasteiger partial charge in [-0.1, -0.05) is 0 Å². The van der Waals surface area contributed by atoms with E-state index in [9.17, 15) is 31.1 Å². The van der Waals surface area contributed by atoms with E-state index in [0.29, 0.717) is 0 Å². The SMILES string of the molecule is C/C(O)=C(\C#N)C(=O)Nc1cc(C(F)(F)F)ccc1C(F)(F)F. The van der Waals surface area contributed by atoms with Crippen LogP contribution < -0.4 is 5.32 Å². The highest BCUT2D eigenvalue weighted by atomic mass is 19.4. The molecule has 0 spiro atoms. The zero-order valence-corrected chi connectivity index (χ0v) is 11.3. The van der Waals surface area contributed by atoms with E-state index in [1.54, 1.807) is 5.32 Å². The predicted molar refractivity (Wildman–Crippen MR) is 66.0 cm³/mol. The normalized spacial score (nSPS) is 13.1. The monoisotopic (exact) mass is 338 g/mol. The number of nitrogens with one attached hydrogen (secondary N) is 1. The summed E-state index contributed by atoms with van der Waals surface area (Å²) in [6, 6.07) is 1.72. The third kappa shape index (κ3) is 4.38. The van der Waals surface area contributed by atoms with Crippen molar-refractivity contribution in [2.24, 2.45) is 0 Å². The minimum Gasteiger partial charge on any atom is -0.511 e. The molecule has 0 unspecified atom stereocenters. The van der Waals surface area contributed by atoms with Gasteiger partial charge in [-0.2, -0.15) is 31.6 Å². The van der Waals surface area contributed by atoms with Crippen LogP contribution in [0.25, 0.3) is 0 Å². The molecular weight excluding hydrogens is 330 g/mol. The number of rotatable bonds is 2. The summed E-state index contributed by atoms with van der Waals surface area (Å²) in [5, 5.41) is 19.3. The van der Waals surface area contributed by atoms with E-state index in [-0.39, 0.29) is 18.2 Å². The van der Waals surface area contributed by atoms with Crippen molar-refractivity contribution in [1.29, 1.82) is 5.26 Å². The fourth-order valence-electron chi connectivity index (χ4n) is 1.55. The number of aliphatic hydroxyl groups excluding tert-OH is 1. The number of anilines is 1. The van der Waals surface area contributed by atoms with Gasteiger partial charge in [-0.3, -0.25) is 4.79 Å². The predicted octanol–water partition coefficient (Wildman–Crippen LogP) is 4.02. The largest absolute Gasteiger partial charge is 0.511 e. The van der Waals surface area contributed by atoms with E-state index in [0.717, 1.165) is 6.92 Å². The van der Waals surface area contributed by atoms with Crippen LogP contribution in [0, 0.1) is 11.3 Å². The van der Waals surface area contributed by atoms with E-state index >= 15 is 0 Å². The fourth-order valence-corrected chi connectivity index (χ4v) is 1.55. The molecule has 0 saturated heterocycles. The Morgan fingerprint density at radius 1 is 1.17 bits per heavy atom. The smallest absolute Gasteiger partial charge is 0.418 e. The van der Waals surface area contributed by atoms with Gasteiger partial charge in [-0.15, -0.1) is 0 Å². The van der Waals surface area contributed by atoms with Gasteiger partial charge in [0.2, 0.25) is 0 Å². The van der Waals surface area contributed by atoms with Crippen molar-refractivity contribution in [2.75, 3.05) is 5.32 Å².